The molecule has 0 fully saturated rings. The summed E-state index contributed by atoms with van der Waals surface area (Å²) in [5.74, 6) is -0.815. The first kappa shape index (κ1) is 15.9. The van der Waals surface area contributed by atoms with Crippen LogP contribution in [0.25, 0.3) is 0 Å². The van der Waals surface area contributed by atoms with Gasteiger partial charge >= 0.3 is 5.97 Å². The number of methoxy groups -OCH3 is 1. The first-order valence-corrected chi connectivity index (χ1v) is 6.17. The third-order valence-corrected chi connectivity index (χ3v) is 2.57. The number of carbonyl (C=O) groups excluding carboxylic acids is 3. The highest BCUT2D eigenvalue weighted by atomic mass is 16.5. The lowest BCUT2D eigenvalue weighted by Crippen LogP contribution is -2.42. The molecule has 1 aromatic rings. The van der Waals surface area contributed by atoms with E-state index in [1.807, 2.05) is 0 Å². The van der Waals surface area contributed by atoms with Gasteiger partial charge < -0.3 is 19.8 Å². The number of esters is 1. The van der Waals surface area contributed by atoms with Crippen molar-refractivity contribution in [2.75, 3.05) is 20.2 Å². The van der Waals surface area contributed by atoms with Crippen molar-refractivity contribution in [3.05, 3.63) is 24.2 Å². The highest BCUT2D eigenvalue weighted by Gasteiger charge is 2.24. The topological polar surface area (TPSA) is 97.6 Å². The maximum Gasteiger partial charge on any atom is 0.307 e. The van der Waals surface area contributed by atoms with E-state index in [9.17, 15) is 14.4 Å². The van der Waals surface area contributed by atoms with E-state index in [2.05, 4.69) is 15.4 Å². The Morgan fingerprint density at radius 3 is 2.65 bits per heavy atom. The Bertz CT molecular complexity index is 455. The van der Waals surface area contributed by atoms with Crippen LogP contribution in [0.1, 0.15) is 23.9 Å². The van der Waals surface area contributed by atoms with Crippen LogP contribution in [-0.4, -0.2) is 43.9 Å². The van der Waals surface area contributed by atoms with Crippen LogP contribution < -0.4 is 10.6 Å². The Balaban J connectivity index is 2.58. The van der Waals surface area contributed by atoms with Crippen molar-refractivity contribution in [3.8, 4) is 0 Å². The van der Waals surface area contributed by atoms with Crippen LogP contribution in [0.4, 0.5) is 0 Å². The van der Waals surface area contributed by atoms with E-state index in [-0.39, 0.29) is 23.9 Å². The van der Waals surface area contributed by atoms with Crippen LogP contribution in [0.3, 0.4) is 0 Å². The fourth-order valence-electron chi connectivity index (χ4n) is 1.58. The van der Waals surface area contributed by atoms with E-state index < -0.39 is 12.0 Å². The first-order chi connectivity index (χ1) is 9.54. The summed E-state index contributed by atoms with van der Waals surface area (Å²) in [6.45, 7) is 2.12. The van der Waals surface area contributed by atoms with Crippen LogP contribution in [0.5, 0.6) is 0 Å². The van der Waals surface area contributed by atoms with Crippen molar-refractivity contribution in [2.45, 2.75) is 19.4 Å². The van der Waals surface area contributed by atoms with Crippen molar-refractivity contribution in [3.63, 3.8) is 0 Å². The van der Waals surface area contributed by atoms with Gasteiger partial charge in [-0.25, -0.2) is 0 Å². The van der Waals surface area contributed by atoms with Crippen LogP contribution in [-0.2, 0) is 14.3 Å². The second-order valence-corrected chi connectivity index (χ2v) is 4.11. The average Bonchev–Trinajstić information content (AvgIpc) is 2.94. The van der Waals surface area contributed by atoms with Gasteiger partial charge in [0, 0.05) is 20.0 Å². The predicted molar refractivity (Wildman–Crippen MR) is 70.1 cm³/mol. The number of carbonyl (C=O) groups is 3. The minimum atomic E-state index is -0.748. The van der Waals surface area contributed by atoms with Crippen LogP contribution in [0, 0.1) is 0 Å². The number of amides is 1. The van der Waals surface area contributed by atoms with Crippen LogP contribution in [0.2, 0.25) is 0 Å². The highest BCUT2D eigenvalue weighted by molar-refractivity contribution is 5.99. The molecule has 1 aromatic heterocycles. The summed E-state index contributed by atoms with van der Waals surface area (Å²) in [5, 5.41) is 5.49. The van der Waals surface area contributed by atoms with Gasteiger partial charge in [0.25, 0.3) is 0 Å². The lowest BCUT2D eigenvalue weighted by atomic mass is 10.1. The molecular formula is C13H18N2O5. The standard InChI is InChI=1S/C13H18N2O5/c1-9(16)14-5-6-15-10(8-12(17)19-2)13(18)11-4-3-7-20-11/h3-4,7,10,15H,5-6,8H2,1-2H3,(H,14,16). The minimum absolute atomic E-state index is 0.101. The summed E-state index contributed by atoms with van der Waals surface area (Å²) in [6.07, 6.45) is 1.29. The SMILES string of the molecule is COC(=O)CC(NCCNC(C)=O)C(=O)c1ccco1. The molecule has 20 heavy (non-hydrogen) atoms. The van der Waals surface area contributed by atoms with E-state index in [0.717, 1.165) is 0 Å². The molecule has 1 rings (SSSR count). The number of hydrogen-bond donors (Lipinski definition) is 2. The molecule has 7 heteroatoms. The lowest BCUT2D eigenvalue weighted by molar-refractivity contribution is -0.141. The van der Waals surface area contributed by atoms with Crippen LogP contribution in [0.15, 0.2) is 22.8 Å². The molecule has 110 valence electrons. The average molecular weight is 282 g/mol. The smallest absolute Gasteiger partial charge is 0.307 e. The van der Waals surface area contributed by atoms with E-state index in [4.69, 9.17) is 4.42 Å². The summed E-state index contributed by atoms with van der Waals surface area (Å²) in [5.41, 5.74) is 0. The minimum Gasteiger partial charge on any atom is -0.469 e. The van der Waals surface area contributed by atoms with Crippen molar-refractivity contribution in [1.82, 2.24) is 10.6 Å². The molecule has 0 aliphatic carbocycles. The number of rotatable bonds is 8. The third-order valence-electron chi connectivity index (χ3n) is 2.57. The van der Waals surface area contributed by atoms with Crippen LogP contribution >= 0.6 is 0 Å². The molecule has 0 radical (unpaired) electrons. The maximum absolute atomic E-state index is 12.1. The van der Waals surface area contributed by atoms with Crippen molar-refractivity contribution >= 4 is 17.7 Å². The van der Waals surface area contributed by atoms with E-state index in [0.29, 0.717) is 13.1 Å². The molecule has 1 heterocycles. The lowest BCUT2D eigenvalue weighted by Gasteiger charge is -2.15. The number of Topliss-reactive ketones (excluding diaryl/α,β-unsaturated/α-hetero) is 1. The summed E-state index contributed by atoms with van der Waals surface area (Å²) in [4.78, 5) is 34.2. The molecule has 0 aliphatic heterocycles. The second kappa shape index (κ2) is 8.11. The van der Waals surface area contributed by atoms with Crippen molar-refractivity contribution < 1.29 is 23.5 Å². The normalized spacial score (nSPS) is 11.7. The second-order valence-electron chi connectivity index (χ2n) is 4.11. The third kappa shape index (κ3) is 5.23. The van der Waals surface area contributed by atoms with Gasteiger partial charge in [-0.2, -0.15) is 0 Å². The fourth-order valence-corrected chi connectivity index (χ4v) is 1.58. The van der Waals surface area contributed by atoms with Gasteiger partial charge in [0.05, 0.1) is 25.8 Å². The predicted octanol–water partition coefficient (Wildman–Crippen LogP) is 0.120. The van der Waals surface area contributed by atoms with Gasteiger partial charge in [0.15, 0.2) is 5.76 Å². The molecule has 0 spiro atoms. The molecule has 2 N–H and O–H groups in total. The summed E-state index contributed by atoms with van der Waals surface area (Å²) in [6, 6.07) is 2.38. The summed E-state index contributed by atoms with van der Waals surface area (Å²) < 4.78 is 9.59. The van der Waals surface area contributed by atoms with Crippen molar-refractivity contribution in [2.24, 2.45) is 0 Å². The molecule has 0 saturated heterocycles. The zero-order chi connectivity index (χ0) is 15.0. The molecule has 1 atom stereocenters. The number of ether oxygens (including phenoxy) is 1. The Kier molecular flexibility index (Phi) is 6.45. The Morgan fingerprint density at radius 2 is 2.10 bits per heavy atom. The monoisotopic (exact) mass is 282 g/mol. The molecule has 0 saturated carbocycles. The Hall–Kier alpha value is -2.15. The number of nitrogens with one attached hydrogen (secondary N) is 2. The highest BCUT2D eigenvalue weighted by Crippen LogP contribution is 2.07. The zero-order valence-electron chi connectivity index (χ0n) is 11.5. The van der Waals surface area contributed by atoms with Gasteiger partial charge in [-0.1, -0.05) is 0 Å². The maximum atomic E-state index is 12.1. The van der Waals surface area contributed by atoms with Gasteiger partial charge in [-0.3, -0.25) is 14.4 Å². The van der Waals surface area contributed by atoms with Crippen molar-refractivity contribution in [1.29, 1.82) is 0 Å². The molecule has 1 amide bonds. The molecular weight excluding hydrogens is 264 g/mol. The van der Waals surface area contributed by atoms with Gasteiger partial charge in [-0.15, -0.1) is 0 Å². The number of hydrogen-bond acceptors (Lipinski definition) is 6. The van der Waals surface area contributed by atoms with Gasteiger partial charge in [0.1, 0.15) is 0 Å². The van der Waals surface area contributed by atoms with E-state index in [1.165, 1.54) is 26.4 Å². The molecule has 1 unspecified atom stereocenters. The molecule has 7 nitrogen and oxygen atoms in total. The van der Waals surface area contributed by atoms with E-state index in [1.54, 1.807) is 6.07 Å². The summed E-state index contributed by atoms with van der Waals surface area (Å²) >= 11 is 0. The molecule has 0 aromatic carbocycles. The first-order valence-electron chi connectivity index (χ1n) is 6.17. The molecule has 0 bridgehead atoms. The molecule has 0 aliphatic rings. The number of ketones is 1. The zero-order valence-corrected chi connectivity index (χ0v) is 11.5. The number of furan rings is 1. The Labute approximate surface area is 116 Å². The quantitative estimate of drug-likeness (QED) is 0.399. The Morgan fingerprint density at radius 1 is 1.35 bits per heavy atom. The fraction of sp³-hybridized carbons (Fsp3) is 0.462. The van der Waals surface area contributed by atoms with Gasteiger partial charge in [-0.05, 0) is 12.1 Å². The van der Waals surface area contributed by atoms with Gasteiger partial charge in [0.2, 0.25) is 11.7 Å². The van der Waals surface area contributed by atoms with E-state index >= 15 is 0 Å². The largest absolute Gasteiger partial charge is 0.469 e. The summed E-state index contributed by atoms with van der Waals surface area (Å²) in [7, 11) is 1.26.